The highest BCUT2D eigenvalue weighted by Crippen LogP contribution is 2.06. The van der Waals surface area contributed by atoms with Crippen LogP contribution in [0.1, 0.15) is 16.8 Å². The lowest BCUT2D eigenvalue weighted by molar-refractivity contribution is -0.152. The smallest absolute Gasteiger partial charge is 0.326 e. The molecule has 1 amide bonds. The SMILES string of the molecule is Cc1ccc(CN(C)C(=O)COC(=O)Cn2c(C)csc2=O)cc1. The zero-order valence-corrected chi connectivity index (χ0v) is 14.8. The number of ether oxygens (including phenoxy) is 1. The number of esters is 1. The summed E-state index contributed by atoms with van der Waals surface area (Å²) in [7, 11) is 1.66. The summed E-state index contributed by atoms with van der Waals surface area (Å²) in [4.78, 5) is 36.7. The van der Waals surface area contributed by atoms with Gasteiger partial charge in [0.25, 0.3) is 5.91 Å². The maximum Gasteiger partial charge on any atom is 0.326 e. The highest BCUT2D eigenvalue weighted by Gasteiger charge is 2.14. The molecule has 24 heavy (non-hydrogen) atoms. The molecule has 2 rings (SSSR count). The van der Waals surface area contributed by atoms with Crippen LogP contribution < -0.4 is 4.87 Å². The number of carbonyl (C=O) groups excluding carboxylic acids is 2. The number of benzene rings is 1. The second-order valence-electron chi connectivity index (χ2n) is 5.63. The highest BCUT2D eigenvalue weighted by atomic mass is 32.1. The van der Waals surface area contributed by atoms with Gasteiger partial charge < -0.3 is 9.64 Å². The highest BCUT2D eigenvalue weighted by molar-refractivity contribution is 7.07. The number of aromatic nitrogens is 1. The van der Waals surface area contributed by atoms with Crippen LogP contribution in [0.2, 0.25) is 0 Å². The summed E-state index contributed by atoms with van der Waals surface area (Å²) in [6.45, 7) is 3.67. The molecule has 1 aromatic heterocycles. The minimum atomic E-state index is -0.601. The zero-order valence-electron chi connectivity index (χ0n) is 13.9. The van der Waals surface area contributed by atoms with E-state index in [1.165, 1.54) is 9.47 Å². The first-order chi connectivity index (χ1) is 11.4. The third-order valence-electron chi connectivity index (χ3n) is 3.59. The topological polar surface area (TPSA) is 68.6 Å². The van der Waals surface area contributed by atoms with E-state index >= 15 is 0 Å². The summed E-state index contributed by atoms with van der Waals surface area (Å²) in [5, 5.41) is 1.68. The van der Waals surface area contributed by atoms with Gasteiger partial charge in [0.05, 0.1) is 0 Å². The molecule has 0 fully saturated rings. The van der Waals surface area contributed by atoms with Crippen LogP contribution in [0.3, 0.4) is 0 Å². The average Bonchev–Trinajstić information content (AvgIpc) is 2.86. The van der Waals surface area contributed by atoms with Gasteiger partial charge in [-0.25, -0.2) is 0 Å². The normalized spacial score (nSPS) is 10.5. The van der Waals surface area contributed by atoms with Crippen molar-refractivity contribution in [2.45, 2.75) is 26.9 Å². The fraction of sp³-hybridized carbons (Fsp3) is 0.353. The maximum atomic E-state index is 12.0. The zero-order chi connectivity index (χ0) is 17.7. The number of hydrogen-bond donors (Lipinski definition) is 0. The summed E-state index contributed by atoms with van der Waals surface area (Å²) >= 11 is 1.03. The third-order valence-corrected chi connectivity index (χ3v) is 4.47. The van der Waals surface area contributed by atoms with Gasteiger partial charge in [-0.3, -0.25) is 19.0 Å². The van der Waals surface area contributed by atoms with Crippen molar-refractivity contribution in [1.82, 2.24) is 9.47 Å². The van der Waals surface area contributed by atoms with Crippen LogP contribution in [0.5, 0.6) is 0 Å². The molecule has 0 spiro atoms. The molecule has 0 radical (unpaired) electrons. The van der Waals surface area contributed by atoms with Gasteiger partial charge >= 0.3 is 10.8 Å². The fourth-order valence-corrected chi connectivity index (χ4v) is 2.81. The van der Waals surface area contributed by atoms with E-state index in [2.05, 4.69) is 0 Å². The lowest BCUT2D eigenvalue weighted by Gasteiger charge is -2.17. The van der Waals surface area contributed by atoms with Crippen molar-refractivity contribution >= 4 is 23.2 Å². The molecule has 2 aromatic rings. The van der Waals surface area contributed by atoms with Crippen LogP contribution in [0.15, 0.2) is 34.4 Å². The number of nitrogens with zero attached hydrogens (tertiary/aromatic N) is 2. The summed E-state index contributed by atoms with van der Waals surface area (Å²) in [5.74, 6) is -0.894. The molecule has 0 aliphatic carbocycles. The third kappa shape index (κ3) is 4.79. The Morgan fingerprint density at radius 1 is 1.21 bits per heavy atom. The quantitative estimate of drug-likeness (QED) is 0.746. The van der Waals surface area contributed by atoms with Gasteiger partial charge in [-0.1, -0.05) is 41.2 Å². The first kappa shape index (κ1) is 17.9. The summed E-state index contributed by atoms with van der Waals surface area (Å²) in [5.41, 5.74) is 2.86. The molecule has 0 unspecified atom stereocenters. The van der Waals surface area contributed by atoms with E-state index in [4.69, 9.17) is 4.74 Å². The van der Waals surface area contributed by atoms with Crippen molar-refractivity contribution < 1.29 is 14.3 Å². The second-order valence-corrected chi connectivity index (χ2v) is 6.45. The monoisotopic (exact) mass is 348 g/mol. The lowest BCUT2D eigenvalue weighted by Crippen LogP contribution is -2.32. The minimum absolute atomic E-state index is 0.177. The number of thiazole rings is 1. The van der Waals surface area contributed by atoms with Crippen molar-refractivity contribution in [2.24, 2.45) is 0 Å². The molecule has 0 saturated carbocycles. The second kappa shape index (κ2) is 7.92. The van der Waals surface area contributed by atoms with Gasteiger partial charge in [0.15, 0.2) is 6.61 Å². The molecule has 0 aliphatic heterocycles. The van der Waals surface area contributed by atoms with Crippen molar-refractivity contribution in [3.05, 3.63) is 56.1 Å². The molecule has 0 atom stereocenters. The van der Waals surface area contributed by atoms with Crippen LogP contribution >= 0.6 is 11.3 Å². The Kier molecular flexibility index (Phi) is 5.92. The maximum absolute atomic E-state index is 12.0. The minimum Gasteiger partial charge on any atom is -0.454 e. The van der Waals surface area contributed by atoms with E-state index in [1.807, 2.05) is 31.2 Å². The van der Waals surface area contributed by atoms with Crippen LogP contribution in [-0.2, 0) is 27.4 Å². The van der Waals surface area contributed by atoms with E-state index in [1.54, 1.807) is 19.4 Å². The standard InChI is InChI=1S/C17H20N2O4S/c1-12-4-6-14(7-5-12)8-18(3)15(20)10-23-16(21)9-19-13(2)11-24-17(19)22/h4-7,11H,8-10H2,1-3H3. The van der Waals surface area contributed by atoms with Crippen molar-refractivity contribution in [3.8, 4) is 0 Å². The van der Waals surface area contributed by atoms with Gasteiger partial charge in [-0.05, 0) is 19.4 Å². The van der Waals surface area contributed by atoms with E-state index in [9.17, 15) is 14.4 Å². The van der Waals surface area contributed by atoms with Gasteiger partial charge in [-0.15, -0.1) is 0 Å². The Morgan fingerprint density at radius 2 is 1.88 bits per heavy atom. The molecule has 6 nitrogen and oxygen atoms in total. The van der Waals surface area contributed by atoms with E-state index < -0.39 is 5.97 Å². The molecular weight excluding hydrogens is 328 g/mol. The number of rotatable bonds is 6. The molecule has 0 aliphatic rings. The van der Waals surface area contributed by atoms with Crippen LogP contribution in [0.4, 0.5) is 0 Å². The Morgan fingerprint density at radius 3 is 2.46 bits per heavy atom. The first-order valence-electron chi connectivity index (χ1n) is 7.47. The molecule has 128 valence electrons. The average molecular weight is 348 g/mol. The first-order valence-corrected chi connectivity index (χ1v) is 8.35. The molecular formula is C17H20N2O4S. The largest absolute Gasteiger partial charge is 0.454 e. The van der Waals surface area contributed by atoms with Crippen molar-refractivity contribution in [3.63, 3.8) is 0 Å². The number of aryl methyl sites for hydroxylation is 2. The van der Waals surface area contributed by atoms with E-state index in [-0.39, 0.29) is 23.9 Å². The Balaban J connectivity index is 1.82. The van der Waals surface area contributed by atoms with Gasteiger partial charge in [0.1, 0.15) is 6.54 Å². The molecule has 1 aromatic carbocycles. The number of amides is 1. The van der Waals surface area contributed by atoms with Crippen LogP contribution in [0.25, 0.3) is 0 Å². The Bertz CT molecular complexity index is 777. The summed E-state index contributed by atoms with van der Waals surface area (Å²) < 4.78 is 6.31. The molecule has 0 N–H and O–H groups in total. The van der Waals surface area contributed by atoms with Gasteiger partial charge in [0, 0.05) is 24.7 Å². The molecule has 1 heterocycles. The van der Waals surface area contributed by atoms with Crippen molar-refractivity contribution in [1.29, 1.82) is 0 Å². The summed E-state index contributed by atoms with van der Waals surface area (Å²) in [6, 6.07) is 7.87. The van der Waals surface area contributed by atoms with Crippen molar-refractivity contribution in [2.75, 3.05) is 13.7 Å². The van der Waals surface area contributed by atoms with E-state index in [0.29, 0.717) is 12.2 Å². The fourth-order valence-electron chi connectivity index (χ4n) is 2.08. The lowest BCUT2D eigenvalue weighted by atomic mass is 10.1. The predicted octanol–water partition coefficient (Wildman–Crippen LogP) is 1.73. The number of hydrogen-bond acceptors (Lipinski definition) is 5. The van der Waals surface area contributed by atoms with Gasteiger partial charge in [-0.2, -0.15) is 0 Å². The predicted molar refractivity (Wildman–Crippen MR) is 91.9 cm³/mol. The van der Waals surface area contributed by atoms with Gasteiger partial charge in [0.2, 0.25) is 0 Å². The Hall–Kier alpha value is -2.41. The summed E-state index contributed by atoms with van der Waals surface area (Å²) in [6.07, 6.45) is 0. The van der Waals surface area contributed by atoms with Crippen LogP contribution in [-0.4, -0.2) is 35.0 Å². The van der Waals surface area contributed by atoms with Crippen LogP contribution in [0, 0.1) is 13.8 Å². The molecule has 0 bridgehead atoms. The molecule has 7 heteroatoms. The number of likely N-dealkylation sites (N-methyl/N-ethyl adjacent to an activating group) is 1. The molecule has 0 saturated heterocycles. The number of carbonyl (C=O) groups is 2. The Labute approximate surface area is 144 Å². The van der Waals surface area contributed by atoms with E-state index in [0.717, 1.165) is 22.5 Å².